The number of Topliss-reactive ketones (excluding diaryl/α,β-unsaturated/α-hetero) is 1. The summed E-state index contributed by atoms with van der Waals surface area (Å²) < 4.78 is 0. The molecule has 3 rings (SSSR count). The zero-order valence-electron chi connectivity index (χ0n) is 11.6. The Labute approximate surface area is 113 Å². The van der Waals surface area contributed by atoms with Crippen LogP contribution in [0.25, 0.3) is 0 Å². The van der Waals surface area contributed by atoms with Crippen molar-refractivity contribution in [1.29, 1.82) is 0 Å². The molecule has 1 fully saturated rings. The molecule has 0 amide bonds. The van der Waals surface area contributed by atoms with Crippen LogP contribution in [0, 0.1) is 5.92 Å². The van der Waals surface area contributed by atoms with Crippen molar-refractivity contribution >= 4 is 17.1 Å². The second-order valence-electron chi connectivity index (χ2n) is 6.23. The van der Waals surface area contributed by atoms with Crippen molar-refractivity contribution in [3.8, 4) is 0 Å². The average molecular weight is 263 g/mol. The number of thiophene rings is 1. The molecule has 18 heavy (non-hydrogen) atoms. The third-order valence-corrected chi connectivity index (χ3v) is 6.79. The first-order valence-electron chi connectivity index (χ1n) is 6.78. The van der Waals surface area contributed by atoms with Crippen LogP contribution in [0.15, 0.2) is 6.07 Å². The first-order valence-corrected chi connectivity index (χ1v) is 7.59. The monoisotopic (exact) mass is 263 g/mol. The van der Waals surface area contributed by atoms with Gasteiger partial charge in [0.15, 0.2) is 5.78 Å². The second kappa shape index (κ2) is 3.91. The Kier molecular flexibility index (Phi) is 2.69. The van der Waals surface area contributed by atoms with Gasteiger partial charge in [-0.15, -0.1) is 11.3 Å². The van der Waals surface area contributed by atoms with Crippen molar-refractivity contribution in [1.82, 2.24) is 4.90 Å². The molecule has 2 aliphatic rings. The van der Waals surface area contributed by atoms with Gasteiger partial charge in [0.2, 0.25) is 0 Å². The molecule has 0 unspecified atom stereocenters. The Bertz CT molecular complexity index is 507. The molecule has 1 aromatic rings. The predicted molar refractivity (Wildman–Crippen MR) is 75.6 cm³/mol. The van der Waals surface area contributed by atoms with Gasteiger partial charge in [-0.25, -0.2) is 0 Å². The molecule has 0 saturated carbocycles. The van der Waals surface area contributed by atoms with E-state index in [-0.39, 0.29) is 11.2 Å². The molecule has 0 spiro atoms. The largest absolute Gasteiger partial charge is 0.303 e. The molecule has 0 aromatic carbocycles. The summed E-state index contributed by atoms with van der Waals surface area (Å²) in [6.45, 7) is 7.64. The fourth-order valence-electron chi connectivity index (χ4n) is 3.72. The predicted octanol–water partition coefficient (Wildman–Crippen LogP) is 3.10. The minimum atomic E-state index is 0.216. The van der Waals surface area contributed by atoms with Crippen LogP contribution in [-0.2, 0) is 11.8 Å². The third kappa shape index (κ3) is 1.53. The number of likely N-dealkylation sites (tertiary alicyclic amines) is 1. The molecular weight excluding hydrogens is 242 g/mol. The normalized spacial score (nSPS) is 35.3. The summed E-state index contributed by atoms with van der Waals surface area (Å²) in [7, 11) is 2.24. The third-order valence-electron chi connectivity index (χ3n) is 5.24. The van der Waals surface area contributed by atoms with Gasteiger partial charge in [-0.05, 0) is 50.9 Å². The van der Waals surface area contributed by atoms with Crippen molar-refractivity contribution in [3.63, 3.8) is 0 Å². The van der Waals surface area contributed by atoms with E-state index in [1.807, 2.05) is 0 Å². The lowest BCUT2D eigenvalue weighted by Gasteiger charge is -2.52. The standard InChI is InChI=1S/C15H21NOS/c1-9-12-7-11-8-13(10(2)17)18-14(11)15(9,3)5-6-16(12)4/h8-9,12H,5-7H2,1-4H3/t9-,12+,15+/m0/s1. The number of hydrogen-bond donors (Lipinski definition) is 0. The molecule has 0 radical (unpaired) electrons. The summed E-state index contributed by atoms with van der Waals surface area (Å²) in [6.07, 6.45) is 2.33. The number of nitrogens with zero attached hydrogens (tertiary/aromatic N) is 1. The van der Waals surface area contributed by atoms with E-state index in [0.717, 1.165) is 11.3 Å². The Morgan fingerprint density at radius 1 is 1.56 bits per heavy atom. The molecule has 3 heteroatoms. The van der Waals surface area contributed by atoms with E-state index in [1.165, 1.54) is 23.4 Å². The lowest BCUT2D eigenvalue weighted by atomic mass is 9.62. The van der Waals surface area contributed by atoms with Crippen LogP contribution >= 0.6 is 11.3 Å². The van der Waals surface area contributed by atoms with E-state index >= 15 is 0 Å². The maximum atomic E-state index is 11.6. The summed E-state index contributed by atoms with van der Waals surface area (Å²) in [5.74, 6) is 0.899. The Hall–Kier alpha value is -0.670. The van der Waals surface area contributed by atoms with Crippen molar-refractivity contribution in [2.24, 2.45) is 5.92 Å². The van der Waals surface area contributed by atoms with Crippen LogP contribution < -0.4 is 0 Å². The lowest BCUT2D eigenvalue weighted by Crippen LogP contribution is -2.56. The summed E-state index contributed by atoms with van der Waals surface area (Å²) >= 11 is 1.75. The Morgan fingerprint density at radius 2 is 2.28 bits per heavy atom. The van der Waals surface area contributed by atoms with Crippen molar-refractivity contribution in [2.45, 2.75) is 45.1 Å². The molecule has 1 aliphatic heterocycles. The molecule has 98 valence electrons. The average Bonchev–Trinajstić information content (AvgIpc) is 2.74. The van der Waals surface area contributed by atoms with Crippen molar-refractivity contribution in [2.75, 3.05) is 13.6 Å². The number of hydrogen-bond acceptors (Lipinski definition) is 3. The van der Waals surface area contributed by atoms with E-state index < -0.39 is 0 Å². The quantitative estimate of drug-likeness (QED) is 0.726. The summed E-state index contributed by atoms with van der Waals surface area (Å²) in [6, 6.07) is 2.80. The molecule has 0 N–H and O–H groups in total. The summed E-state index contributed by atoms with van der Waals surface area (Å²) in [5.41, 5.74) is 1.71. The van der Waals surface area contributed by atoms with Crippen LogP contribution in [0.1, 0.15) is 47.3 Å². The zero-order valence-corrected chi connectivity index (χ0v) is 12.4. The molecule has 1 saturated heterocycles. The Balaban J connectivity index is 2.12. The number of fused-ring (bicyclic) bond motifs is 4. The van der Waals surface area contributed by atoms with Crippen LogP contribution in [0.5, 0.6) is 0 Å². The summed E-state index contributed by atoms with van der Waals surface area (Å²) in [5, 5.41) is 0. The van der Waals surface area contributed by atoms with E-state index in [0.29, 0.717) is 12.0 Å². The fourth-order valence-corrected chi connectivity index (χ4v) is 5.08. The number of piperidine rings is 1. The van der Waals surface area contributed by atoms with Crippen LogP contribution in [0.2, 0.25) is 0 Å². The smallest absolute Gasteiger partial charge is 0.169 e. The fraction of sp³-hybridized carbons (Fsp3) is 0.667. The topological polar surface area (TPSA) is 20.3 Å². The van der Waals surface area contributed by atoms with Gasteiger partial charge < -0.3 is 4.90 Å². The highest BCUT2D eigenvalue weighted by Crippen LogP contribution is 2.51. The van der Waals surface area contributed by atoms with Crippen LogP contribution in [0.4, 0.5) is 0 Å². The Morgan fingerprint density at radius 3 is 2.94 bits per heavy atom. The maximum Gasteiger partial charge on any atom is 0.169 e. The van der Waals surface area contributed by atoms with Gasteiger partial charge in [0.1, 0.15) is 0 Å². The van der Waals surface area contributed by atoms with Crippen molar-refractivity contribution in [3.05, 3.63) is 21.4 Å². The van der Waals surface area contributed by atoms with Gasteiger partial charge in [-0.3, -0.25) is 4.79 Å². The van der Waals surface area contributed by atoms with Crippen LogP contribution in [-0.4, -0.2) is 30.3 Å². The molecule has 1 aliphatic carbocycles. The highest BCUT2D eigenvalue weighted by molar-refractivity contribution is 7.14. The van der Waals surface area contributed by atoms with Gasteiger partial charge in [-0.2, -0.15) is 0 Å². The summed E-state index contributed by atoms with van der Waals surface area (Å²) in [4.78, 5) is 16.5. The first kappa shape index (κ1) is 12.4. The molecule has 2 heterocycles. The minimum Gasteiger partial charge on any atom is -0.303 e. The van der Waals surface area contributed by atoms with Crippen molar-refractivity contribution < 1.29 is 4.79 Å². The number of carbonyl (C=O) groups is 1. The highest BCUT2D eigenvalue weighted by Gasteiger charge is 2.48. The number of likely N-dealkylation sites (N-methyl/N-ethyl adjacent to an activating group) is 1. The van der Waals surface area contributed by atoms with Gasteiger partial charge in [0.25, 0.3) is 0 Å². The SMILES string of the molecule is CC(=O)c1cc2c(s1)[C@]1(C)CCN(C)[C@H](C2)[C@@H]1C. The van der Waals surface area contributed by atoms with E-state index in [2.05, 4.69) is 31.9 Å². The lowest BCUT2D eigenvalue weighted by molar-refractivity contribution is 0.0532. The van der Waals surface area contributed by atoms with Gasteiger partial charge in [-0.1, -0.05) is 13.8 Å². The first-order chi connectivity index (χ1) is 8.43. The molecule has 1 aromatic heterocycles. The van der Waals surface area contributed by atoms with E-state index in [9.17, 15) is 4.79 Å². The molecular formula is C15H21NOS. The number of rotatable bonds is 1. The number of carbonyl (C=O) groups excluding carboxylic acids is 1. The van der Waals surface area contributed by atoms with Gasteiger partial charge in [0.05, 0.1) is 4.88 Å². The van der Waals surface area contributed by atoms with Gasteiger partial charge in [0, 0.05) is 16.3 Å². The minimum absolute atomic E-state index is 0.216. The molecule has 2 bridgehead atoms. The van der Waals surface area contributed by atoms with Gasteiger partial charge >= 0.3 is 0 Å². The van der Waals surface area contributed by atoms with Crippen LogP contribution in [0.3, 0.4) is 0 Å². The molecule has 2 nitrogen and oxygen atoms in total. The highest BCUT2D eigenvalue weighted by atomic mass is 32.1. The number of ketones is 1. The van der Waals surface area contributed by atoms with E-state index in [4.69, 9.17) is 0 Å². The second-order valence-corrected chi connectivity index (χ2v) is 7.28. The maximum absolute atomic E-state index is 11.6. The van der Waals surface area contributed by atoms with E-state index in [1.54, 1.807) is 18.3 Å². The molecule has 3 atom stereocenters. The zero-order chi connectivity index (χ0) is 13.1.